The molecule has 0 spiro atoms. The molecule has 1 aliphatic rings. The van der Waals surface area contributed by atoms with Crippen LogP contribution in [0.5, 0.6) is 0 Å². The maximum atomic E-state index is 4.32. The van der Waals surface area contributed by atoms with E-state index in [1.54, 1.807) is 0 Å². The van der Waals surface area contributed by atoms with Crippen LogP contribution in [0.1, 0.15) is 30.9 Å². The Balaban J connectivity index is 2.07. The van der Waals surface area contributed by atoms with Gasteiger partial charge >= 0.3 is 0 Å². The van der Waals surface area contributed by atoms with Crippen molar-refractivity contribution in [2.24, 2.45) is 0 Å². The van der Waals surface area contributed by atoms with Crippen LogP contribution in [0.2, 0.25) is 0 Å². The number of hydrogen-bond acceptors (Lipinski definition) is 3. The van der Waals surface area contributed by atoms with Crippen LogP contribution in [0.15, 0.2) is 18.3 Å². The summed E-state index contributed by atoms with van der Waals surface area (Å²) < 4.78 is 0. The molecule has 3 heteroatoms. The first-order chi connectivity index (χ1) is 6.90. The van der Waals surface area contributed by atoms with E-state index in [4.69, 9.17) is 0 Å². The molecule has 1 aromatic heterocycles. The van der Waals surface area contributed by atoms with E-state index in [0.717, 1.165) is 12.4 Å². The monoisotopic (exact) mass is 191 g/mol. The van der Waals surface area contributed by atoms with E-state index in [2.05, 4.69) is 21.7 Å². The summed E-state index contributed by atoms with van der Waals surface area (Å²) in [7, 11) is 1.89. The third-order valence-corrected chi connectivity index (χ3v) is 2.76. The normalized spacial score (nSPS) is 21.9. The van der Waals surface area contributed by atoms with Crippen molar-refractivity contribution in [3.8, 4) is 0 Å². The van der Waals surface area contributed by atoms with Gasteiger partial charge in [-0.15, -0.1) is 0 Å². The number of rotatable bonds is 2. The Morgan fingerprint density at radius 2 is 2.36 bits per heavy atom. The number of hydrogen-bond donors (Lipinski definition) is 2. The molecule has 0 amide bonds. The smallest absolute Gasteiger partial charge is 0.125 e. The van der Waals surface area contributed by atoms with Gasteiger partial charge in [0.05, 0.1) is 0 Å². The molecule has 0 bridgehead atoms. The first kappa shape index (κ1) is 9.46. The maximum absolute atomic E-state index is 4.32. The lowest BCUT2D eigenvalue weighted by Crippen LogP contribution is -2.26. The summed E-state index contributed by atoms with van der Waals surface area (Å²) in [6.45, 7) is 1.14. The fourth-order valence-electron chi connectivity index (χ4n) is 1.90. The summed E-state index contributed by atoms with van der Waals surface area (Å²) in [6, 6.07) is 4.70. The highest BCUT2D eigenvalue weighted by Crippen LogP contribution is 2.22. The third kappa shape index (κ3) is 2.04. The van der Waals surface area contributed by atoms with Crippen molar-refractivity contribution in [3.63, 3.8) is 0 Å². The first-order valence-corrected chi connectivity index (χ1v) is 5.27. The zero-order valence-corrected chi connectivity index (χ0v) is 8.59. The van der Waals surface area contributed by atoms with E-state index in [0.29, 0.717) is 6.04 Å². The second kappa shape index (κ2) is 4.42. The van der Waals surface area contributed by atoms with Crippen LogP contribution in [0.25, 0.3) is 0 Å². The third-order valence-electron chi connectivity index (χ3n) is 2.76. The van der Waals surface area contributed by atoms with Gasteiger partial charge in [-0.25, -0.2) is 4.98 Å². The lowest BCUT2D eigenvalue weighted by molar-refractivity contribution is 0.411. The quantitative estimate of drug-likeness (QED) is 0.750. The molecule has 3 nitrogen and oxygen atoms in total. The van der Waals surface area contributed by atoms with E-state index >= 15 is 0 Å². The molecule has 0 radical (unpaired) electrons. The molecule has 1 fully saturated rings. The molecular weight excluding hydrogens is 174 g/mol. The van der Waals surface area contributed by atoms with Crippen LogP contribution in [0.4, 0.5) is 5.82 Å². The average Bonchev–Trinajstić information content (AvgIpc) is 2.30. The number of pyridine rings is 1. The number of piperidine rings is 1. The molecule has 14 heavy (non-hydrogen) atoms. The summed E-state index contributed by atoms with van der Waals surface area (Å²) >= 11 is 0. The van der Waals surface area contributed by atoms with Crippen LogP contribution in [-0.4, -0.2) is 18.6 Å². The predicted molar refractivity (Wildman–Crippen MR) is 58.4 cm³/mol. The molecule has 1 unspecified atom stereocenters. The number of nitrogens with one attached hydrogen (secondary N) is 2. The van der Waals surface area contributed by atoms with Crippen molar-refractivity contribution >= 4 is 5.82 Å². The zero-order valence-electron chi connectivity index (χ0n) is 8.59. The van der Waals surface area contributed by atoms with Crippen LogP contribution >= 0.6 is 0 Å². The highest BCUT2D eigenvalue weighted by atomic mass is 15.0. The minimum Gasteiger partial charge on any atom is -0.373 e. The van der Waals surface area contributed by atoms with Crippen LogP contribution in [0.3, 0.4) is 0 Å². The Kier molecular flexibility index (Phi) is 2.99. The molecule has 2 heterocycles. The van der Waals surface area contributed by atoms with Gasteiger partial charge < -0.3 is 10.6 Å². The van der Waals surface area contributed by atoms with Crippen molar-refractivity contribution in [1.29, 1.82) is 0 Å². The van der Waals surface area contributed by atoms with Crippen molar-refractivity contribution in [1.82, 2.24) is 10.3 Å². The molecule has 76 valence electrons. The number of anilines is 1. The Morgan fingerprint density at radius 1 is 1.43 bits per heavy atom. The van der Waals surface area contributed by atoms with Crippen LogP contribution in [0, 0.1) is 0 Å². The van der Waals surface area contributed by atoms with E-state index in [-0.39, 0.29) is 0 Å². The number of aromatic nitrogens is 1. The standard InChI is InChI=1S/C11H17N3/c1-12-11-6-5-9(8-14-11)10-4-2-3-7-13-10/h5-6,8,10,13H,2-4,7H2,1H3,(H,12,14). The molecule has 2 rings (SSSR count). The van der Waals surface area contributed by atoms with Gasteiger partial charge in [-0.1, -0.05) is 12.5 Å². The van der Waals surface area contributed by atoms with Crippen molar-refractivity contribution < 1.29 is 0 Å². The van der Waals surface area contributed by atoms with Gasteiger partial charge in [0.1, 0.15) is 5.82 Å². The average molecular weight is 191 g/mol. The summed E-state index contributed by atoms with van der Waals surface area (Å²) in [5, 5.41) is 6.54. The molecule has 0 aliphatic carbocycles. The van der Waals surface area contributed by atoms with Gasteiger partial charge in [0.25, 0.3) is 0 Å². The Labute approximate surface area is 84.9 Å². The summed E-state index contributed by atoms with van der Waals surface area (Å²) in [5.74, 6) is 0.935. The molecule has 1 saturated heterocycles. The topological polar surface area (TPSA) is 37.0 Å². The summed E-state index contributed by atoms with van der Waals surface area (Å²) in [4.78, 5) is 4.32. The second-order valence-electron chi connectivity index (χ2n) is 3.73. The second-order valence-corrected chi connectivity index (χ2v) is 3.73. The largest absolute Gasteiger partial charge is 0.373 e. The van der Waals surface area contributed by atoms with Gasteiger partial charge in [-0.2, -0.15) is 0 Å². The molecule has 2 N–H and O–H groups in total. The molecule has 0 saturated carbocycles. The van der Waals surface area contributed by atoms with Crippen LogP contribution < -0.4 is 10.6 Å². The summed E-state index contributed by atoms with van der Waals surface area (Å²) in [5.41, 5.74) is 1.31. The fourth-order valence-corrected chi connectivity index (χ4v) is 1.90. The number of nitrogens with zero attached hydrogens (tertiary/aromatic N) is 1. The lowest BCUT2D eigenvalue weighted by Gasteiger charge is -2.23. The zero-order chi connectivity index (χ0) is 9.80. The van der Waals surface area contributed by atoms with E-state index < -0.39 is 0 Å². The fraction of sp³-hybridized carbons (Fsp3) is 0.545. The minimum absolute atomic E-state index is 0.516. The predicted octanol–water partition coefficient (Wildman–Crippen LogP) is 1.94. The molecule has 1 aliphatic heterocycles. The Bertz CT molecular complexity index is 275. The van der Waals surface area contributed by atoms with Gasteiger partial charge in [-0.3, -0.25) is 0 Å². The van der Waals surface area contributed by atoms with Gasteiger partial charge in [0.2, 0.25) is 0 Å². The van der Waals surface area contributed by atoms with Gasteiger partial charge in [0, 0.05) is 19.3 Å². The lowest BCUT2D eigenvalue weighted by atomic mass is 9.99. The Hall–Kier alpha value is -1.09. The van der Waals surface area contributed by atoms with E-state index in [9.17, 15) is 0 Å². The highest BCUT2D eigenvalue weighted by molar-refractivity contribution is 5.35. The molecular formula is C11H17N3. The van der Waals surface area contributed by atoms with Crippen molar-refractivity contribution in [3.05, 3.63) is 23.9 Å². The SMILES string of the molecule is CNc1ccc(C2CCCCN2)cn1. The first-order valence-electron chi connectivity index (χ1n) is 5.27. The van der Waals surface area contributed by atoms with Crippen molar-refractivity contribution in [2.45, 2.75) is 25.3 Å². The highest BCUT2D eigenvalue weighted by Gasteiger charge is 2.14. The van der Waals surface area contributed by atoms with Gasteiger partial charge in [-0.05, 0) is 31.0 Å². The van der Waals surface area contributed by atoms with Gasteiger partial charge in [0.15, 0.2) is 0 Å². The van der Waals surface area contributed by atoms with E-state index in [1.165, 1.54) is 24.8 Å². The van der Waals surface area contributed by atoms with E-state index in [1.807, 2.05) is 19.3 Å². The molecule has 1 aromatic rings. The molecule has 0 aromatic carbocycles. The van der Waals surface area contributed by atoms with Crippen molar-refractivity contribution in [2.75, 3.05) is 18.9 Å². The Morgan fingerprint density at radius 3 is 2.93 bits per heavy atom. The van der Waals surface area contributed by atoms with Crippen LogP contribution in [-0.2, 0) is 0 Å². The minimum atomic E-state index is 0.516. The maximum Gasteiger partial charge on any atom is 0.125 e. The summed E-state index contributed by atoms with van der Waals surface area (Å²) in [6.07, 6.45) is 5.83. The molecule has 1 atom stereocenters.